The molecule has 0 bridgehead atoms. The van der Waals surface area contributed by atoms with Gasteiger partial charge in [0.05, 0.1) is 5.69 Å². The molecule has 2 aromatic carbocycles. The average molecular weight is 492 g/mol. The third-order valence-electron chi connectivity index (χ3n) is 5.08. The number of nitrogens with one attached hydrogen (secondary N) is 1. The van der Waals surface area contributed by atoms with Gasteiger partial charge in [0, 0.05) is 29.6 Å². The van der Waals surface area contributed by atoms with Crippen molar-refractivity contribution in [3.05, 3.63) is 53.2 Å². The fourth-order valence-electron chi connectivity index (χ4n) is 3.38. The van der Waals surface area contributed by atoms with Gasteiger partial charge in [0.25, 0.3) is 5.91 Å². The second-order valence-corrected chi connectivity index (χ2v) is 9.85. The van der Waals surface area contributed by atoms with Crippen LogP contribution in [0.4, 0.5) is 9.52 Å². The van der Waals surface area contributed by atoms with E-state index in [4.69, 9.17) is 9.47 Å². The third kappa shape index (κ3) is 4.70. The Balaban J connectivity index is 1.55. The molecule has 1 amide bonds. The van der Waals surface area contributed by atoms with Gasteiger partial charge in [-0.25, -0.2) is 17.8 Å². The second-order valence-electron chi connectivity index (χ2n) is 7.08. The Morgan fingerprint density at radius 2 is 1.85 bits per heavy atom. The lowest BCUT2D eigenvalue weighted by molar-refractivity contribution is 0.102. The van der Waals surface area contributed by atoms with Crippen LogP contribution in [0.3, 0.4) is 0 Å². The monoisotopic (exact) mass is 491 g/mol. The van der Waals surface area contributed by atoms with Crippen LogP contribution in [-0.2, 0) is 10.0 Å². The van der Waals surface area contributed by atoms with E-state index in [1.807, 2.05) is 12.1 Å². The number of amides is 1. The van der Waals surface area contributed by atoms with Gasteiger partial charge >= 0.3 is 0 Å². The van der Waals surface area contributed by atoms with Crippen molar-refractivity contribution in [2.24, 2.45) is 0 Å². The molecule has 0 atom stereocenters. The van der Waals surface area contributed by atoms with E-state index in [1.165, 1.54) is 17.4 Å². The molecule has 0 fully saturated rings. The topological polar surface area (TPSA) is 97.8 Å². The first-order valence-corrected chi connectivity index (χ1v) is 12.6. The predicted octanol–water partition coefficient (Wildman–Crippen LogP) is 4.00. The van der Waals surface area contributed by atoms with Crippen molar-refractivity contribution in [1.29, 1.82) is 0 Å². The number of nitrogens with zero attached hydrogens (tertiary/aromatic N) is 2. The number of fused-ring (bicyclic) bond motifs is 1. The number of carbonyl (C=O) groups excluding carboxylic acids is 1. The van der Waals surface area contributed by atoms with Crippen LogP contribution in [0, 0.1) is 5.82 Å². The van der Waals surface area contributed by atoms with Gasteiger partial charge in [-0.05, 0) is 36.4 Å². The third-order valence-corrected chi connectivity index (χ3v) is 7.90. The lowest BCUT2D eigenvalue weighted by Crippen LogP contribution is -2.31. The quantitative estimate of drug-likeness (QED) is 0.537. The van der Waals surface area contributed by atoms with Crippen molar-refractivity contribution < 1.29 is 27.1 Å². The largest absolute Gasteiger partial charge is 0.486 e. The molecule has 1 N–H and O–H groups in total. The molecular formula is C22H22FN3O5S2. The maximum atomic E-state index is 14.3. The van der Waals surface area contributed by atoms with E-state index < -0.39 is 26.6 Å². The Kier molecular flexibility index (Phi) is 6.63. The van der Waals surface area contributed by atoms with Crippen molar-refractivity contribution in [2.75, 3.05) is 31.6 Å². The number of hydrogen-bond acceptors (Lipinski definition) is 7. The zero-order valence-corrected chi connectivity index (χ0v) is 19.6. The Hall–Kier alpha value is -3.02. The first-order valence-electron chi connectivity index (χ1n) is 10.3. The van der Waals surface area contributed by atoms with Crippen molar-refractivity contribution in [1.82, 2.24) is 9.29 Å². The van der Waals surface area contributed by atoms with Gasteiger partial charge in [0.15, 0.2) is 16.6 Å². The van der Waals surface area contributed by atoms with Gasteiger partial charge in [-0.15, -0.1) is 11.3 Å². The summed E-state index contributed by atoms with van der Waals surface area (Å²) in [5.74, 6) is -0.200. The van der Waals surface area contributed by atoms with Crippen molar-refractivity contribution in [3.8, 4) is 22.8 Å². The number of sulfonamides is 1. The molecule has 0 unspecified atom stereocenters. The van der Waals surface area contributed by atoms with Crippen molar-refractivity contribution >= 4 is 32.4 Å². The summed E-state index contributed by atoms with van der Waals surface area (Å²) < 4.78 is 52.0. The molecule has 8 nitrogen and oxygen atoms in total. The second kappa shape index (κ2) is 9.46. The number of rotatable bonds is 7. The molecule has 0 saturated heterocycles. The van der Waals surface area contributed by atoms with Crippen LogP contribution >= 0.6 is 11.3 Å². The Morgan fingerprint density at radius 1 is 1.12 bits per heavy atom. The minimum Gasteiger partial charge on any atom is -0.486 e. The highest BCUT2D eigenvalue weighted by atomic mass is 32.2. The summed E-state index contributed by atoms with van der Waals surface area (Å²) in [7, 11) is -4.06. The number of aromatic nitrogens is 1. The van der Waals surface area contributed by atoms with Gasteiger partial charge in [-0.1, -0.05) is 13.8 Å². The number of carbonyl (C=O) groups is 1. The summed E-state index contributed by atoms with van der Waals surface area (Å²) in [4.78, 5) is 16.6. The van der Waals surface area contributed by atoms with E-state index in [2.05, 4.69) is 10.3 Å². The Morgan fingerprint density at radius 3 is 2.58 bits per heavy atom. The SMILES string of the molecule is CCN(CC)S(=O)(=O)c1cc(C(=O)Nc2nc(-c3ccc4c(c3)OCCO4)cs2)ccc1F. The van der Waals surface area contributed by atoms with E-state index in [1.54, 1.807) is 25.3 Å². The molecular weight excluding hydrogens is 469 g/mol. The summed E-state index contributed by atoms with van der Waals surface area (Å²) in [6.07, 6.45) is 0. The number of ether oxygens (including phenoxy) is 2. The van der Waals surface area contributed by atoms with E-state index >= 15 is 0 Å². The van der Waals surface area contributed by atoms with E-state index in [9.17, 15) is 17.6 Å². The fourth-order valence-corrected chi connectivity index (χ4v) is 5.64. The smallest absolute Gasteiger partial charge is 0.257 e. The van der Waals surface area contributed by atoms with Crippen LogP contribution in [0.5, 0.6) is 11.5 Å². The highest BCUT2D eigenvalue weighted by Crippen LogP contribution is 2.35. The van der Waals surface area contributed by atoms with Crippen LogP contribution in [0.25, 0.3) is 11.3 Å². The average Bonchev–Trinajstić information content (AvgIpc) is 3.28. The van der Waals surface area contributed by atoms with Crippen LogP contribution in [-0.4, -0.2) is 49.9 Å². The highest BCUT2D eigenvalue weighted by molar-refractivity contribution is 7.89. The van der Waals surface area contributed by atoms with Gasteiger partial charge in [0.1, 0.15) is 23.9 Å². The van der Waals surface area contributed by atoms with Gasteiger partial charge in [-0.3, -0.25) is 10.1 Å². The summed E-state index contributed by atoms with van der Waals surface area (Å²) in [6.45, 7) is 4.68. The Bertz CT molecular complexity index is 1290. The Labute approximate surface area is 195 Å². The summed E-state index contributed by atoms with van der Waals surface area (Å²) in [6, 6.07) is 8.73. The normalized spacial score (nSPS) is 13.2. The number of thiazole rings is 1. The molecule has 3 aromatic rings. The lowest BCUT2D eigenvalue weighted by Gasteiger charge is -2.19. The first kappa shape index (κ1) is 23.1. The van der Waals surface area contributed by atoms with Gasteiger partial charge in [-0.2, -0.15) is 4.31 Å². The van der Waals surface area contributed by atoms with Gasteiger partial charge in [0.2, 0.25) is 10.0 Å². The number of benzene rings is 2. The van der Waals surface area contributed by atoms with E-state index in [-0.39, 0.29) is 18.7 Å². The molecule has 1 aromatic heterocycles. The maximum Gasteiger partial charge on any atom is 0.257 e. The zero-order chi connectivity index (χ0) is 23.6. The number of anilines is 1. The molecule has 11 heteroatoms. The summed E-state index contributed by atoms with van der Waals surface area (Å²) >= 11 is 1.21. The molecule has 2 heterocycles. The van der Waals surface area contributed by atoms with E-state index in [0.29, 0.717) is 35.5 Å². The fraction of sp³-hybridized carbons (Fsp3) is 0.273. The molecule has 0 radical (unpaired) electrons. The molecule has 174 valence electrons. The highest BCUT2D eigenvalue weighted by Gasteiger charge is 2.26. The molecule has 0 spiro atoms. The van der Waals surface area contributed by atoms with Crippen LogP contribution in [0.15, 0.2) is 46.7 Å². The van der Waals surface area contributed by atoms with Crippen LogP contribution in [0.1, 0.15) is 24.2 Å². The van der Waals surface area contributed by atoms with Crippen LogP contribution < -0.4 is 14.8 Å². The van der Waals surface area contributed by atoms with E-state index in [0.717, 1.165) is 22.0 Å². The first-order chi connectivity index (χ1) is 15.8. The molecule has 0 aliphatic carbocycles. The molecule has 0 saturated carbocycles. The standard InChI is InChI=1S/C22H22FN3O5S2/c1-3-26(4-2)33(28,29)20-12-15(5-7-16(20)23)21(27)25-22-24-17(13-32-22)14-6-8-18-19(11-14)31-10-9-30-18/h5-8,11-13H,3-4,9-10H2,1-2H3,(H,24,25,27). The molecule has 4 rings (SSSR count). The minimum atomic E-state index is -4.06. The molecule has 1 aliphatic heterocycles. The van der Waals surface area contributed by atoms with Gasteiger partial charge < -0.3 is 9.47 Å². The van der Waals surface area contributed by atoms with Crippen LogP contribution in [0.2, 0.25) is 0 Å². The minimum absolute atomic E-state index is 0.0122. The molecule has 1 aliphatic rings. The lowest BCUT2D eigenvalue weighted by atomic mass is 10.1. The van der Waals surface area contributed by atoms with Crippen molar-refractivity contribution in [2.45, 2.75) is 18.7 Å². The van der Waals surface area contributed by atoms with Crippen molar-refractivity contribution in [3.63, 3.8) is 0 Å². The maximum absolute atomic E-state index is 14.3. The molecule has 33 heavy (non-hydrogen) atoms. The zero-order valence-electron chi connectivity index (χ0n) is 18.0. The predicted molar refractivity (Wildman–Crippen MR) is 123 cm³/mol. The number of hydrogen-bond donors (Lipinski definition) is 1. The summed E-state index contributed by atoms with van der Waals surface area (Å²) in [5.41, 5.74) is 1.44. The summed E-state index contributed by atoms with van der Waals surface area (Å²) in [5, 5.41) is 4.75. The number of halogens is 1.